The quantitative estimate of drug-likeness (QED) is 0.223. The highest BCUT2D eigenvalue weighted by Gasteiger charge is 2.47. The number of quaternary nitrogens is 1. The summed E-state index contributed by atoms with van der Waals surface area (Å²) in [5.74, 6) is 0.650. The van der Waals surface area contributed by atoms with Crippen LogP contribution in [0.25, 0.3) is 0 Å². The van der Waals surface area contributed by atoms with Gasteiger partial charge in [-0.15, -0.1) is 0 Å². The summed E-state index contributed by atoms with van der Waals surface area (Å²) >= 11 is 12.4. The van der Waals surface area contributed by atoms with Gasteiger partial charge in [-0.3, -0.25) is 9.11 Å². The van der Waals surface area contributed by atoms with Gasteiger partial charge >= 0.3 is 0 Å². The second-order valence-electron chi connectivity index (χ2n) is 9.35. The van der Waals surface area contributed by atoms with Crippen molar-refractivity contribution in [1.82, 2.24) is 4.48 Å². The van der Waals surface area contributed by atoms with E-state index in [4.69, 9.17) is 32.7 Å². The molecule has 40 heavy (non-hydrogen) atoms. The molecule has 0 saturated carbocycles. The van der Waals surface area contributed by atoms with Crippen LogP contribution in [0.5, 0.6) is 11.5 Å². The van der Waals surface area contributed by atoms with Crippen molar-refractivity contribution in [3.05, 3.63) is 70.1 Å². The third kappa shape index (κ3) is 7.89. The predicted molar refractivity (Wildman–Crippen MR) is 154 cm³/mol. The van der Waals surface area contributed by atoms with Crippen LogP contribution in [0.1, 0.15) is 26.2 Å². The van der Waals surface area contributed by atoms with Gasteiger partial charge in [0, 0.05) is 41.1 Å². The number of halogens is 2. The first-order chi connectivity index (χ1) is 18.3. The molecule has 0 spiro atoms. The molecule has 0 amide bonds. The van der Waals surface area contributed by atoms with Crippen molar-refractivity contribution < 1.29 is 40.9 Å². The Bertz CT molecular complexity index is 1490. The molecular formula is C25H30Cl2N2O9S2. The molecular weight excluding hydrogens is 607 g/mol. The number of fused-ring (bicyclic) bond motifs is 2. The summed E-state index contributed by atoms with van der Waals surface area (Å²) in [5.41, 5.74) is 2.20. The van der Waals surface area contributed by atoms with Crippen molar-refractivity contribution in [1.29, 1.82) is 0 Å². The number of hydrogen-bond donors (Lipinski definition) is 3. The van der Waals surface area contributed by atoms with Gasteiger partial charge < -0.3 is 20.3 Å². The van der Waals surface area contributed by atoms with Crippen molar-refractivity contribution >= 4 is 54.8 Å². The molecule has 0 radical (unpaired) electrons. The lowest BCUT2D eigenvalue weighted by Gasteiger charge is -2.37. The van der Waals surface area contributed by atoms with Crippen molar-refractivity contribution in [3.8, 4) is 11.5 Å². The van der Waals surface area contributed by atoms with E-state index < -0.39 is 38.0 Å². The van der Waals surface area contributed by atoms with Crippen LogP contribution in [0, 0.1) is 0 Å². The van der Waals surface area contributed by atoms with E-state index in [2.05, 4.69) is 5.32 Å². The molecule has 0 bridgehead atoms. The van der Waals surface area contributed by atoms with Crippen LogP contribution >= 0.6 is 23.2 Å². The molecule has 1 unspecified atom stereocenters. The summed E-state index contributed by atoms with van der Waals surface area (Å²) in [6.45, 7) is 2.32. The smallest absolute Gasteiger partial charge is 0.265 e. The van der Waals surface area contributed by atoms with E-state index in [9.17, 15) is 25.9 Å². The molecule has 0 aliphatic carbocycles. The van der Waals surface area contributed by atoms with E-state index in [1.54, 1.807) is 36.4 Å². The second kappa shape index (κ2) is 12.7. The van der Waals surface area contributed by atoms with E-state index in [0.717, 1.165) is 11.3 Å². The summed E-state index contributed by atoms with van der Waals surface area (Å²) in [6, 6.07) is 10.3. The molecule has 2 heterocycles. The summed E-state index contributed by atoms with van der Waals surface area (Å²) in [6.07, 6.45) is 3.72. The molecule has 4 N–H and O–H groups in total. The zero-order chi connectivity index (χ0) is 28.4. The van der Waals surface area contributed by atoms with Crippen molar-refractivity contribution in [2.75, 3.05) is 29.9 Å². The standard InChI is InChI=1S/C25H28Cl2N2O8S2.H2O/c1-2-17(13-24-28-20-15-18(26)5-7-22(20)36-24)14-25-29(9-3-11-38(30,31)32,10-4-12-39(33,34)35)21-16-19(27)6-8-23(21)37-25;/h5-8,13-16,25,28H,2-4,9-12H2,1H3,(H-,30,31,32,33,34,35);1H2. The molecule has 0 fully saturated rings. The highest BCUT2D eigenvalue weighted by molar-refractivity contribution is 7.86. The number of allylic oxidation sites excluding steroid dienone is 2. The molecule has 11 nitrogen and oxygen atoms in total. The molecule has 2 aromatic rings. The van der Waals surface area contributed by atoms with Crippen LogP contribution in [0.2, 0.25) is 10.0 Å². The number of rotatable bonds is 11. The Morgan fingerprint density at radius 1 is 0.975 bits per heavy atom. The predicted octanol–water partition coefficient (Wildman–Crippen LogP) is 5.08. The zero-order valence-corrected chi connectivity index (χ0v) is 24.6. The van der Waals surface area contributed by atoms with E-state index in [-0.39, 0.29) is 35.9 Å². The minimum atomic E-state index is -4.23. The Hall–Kier alpha value is -2.36. The van der Waals surface area contributed by atoms with Gasteiger partial charge in [-0.1, -0.05) is 30.1 Å². The van der Waals surface area contributed by atoms with E-state index >= 15 is 0 Å². The molecule has 15 heteroatoms. The Labute approximate surface area is 243 Å². The van der Waals surface area contributed by atoms with Gasteiger partial charge in [0.25, 0.3) is 26.5 Å². The fraction of sp³-hybridized carbons (Fsp3) is 0.360. The second-order valence-corrected chi connectivity index (χ2v) is 13.4. The number of ether oxygens (including phenoxy) is 2. The number of hydrogen-bond acceptors (Lipinski definition) is 8. The number of anilines is 1. The molecule has 1 atom stereocenters. The van der Waals surface area contributed by atoms with E-state index in [0.29, 0.717) is 39.5 Å². The Morgan fingerprint density at radius 3 is 2.12 bits per heavy atom. The van der Waals surface area contributed by atoms with Crippen LogP contribution in [-0.2, 0) is 20.2 Å². The largest absolute Gasteiger partial charge is 0.870 e. The highest BCUT2D eigenvalue weighted by Crippen LogP contribution is 2.46. The summed E-state index contributed by atoms with van der Waals surface area (Å²) in [4.78, 5) is 0. The fourth-order valence-corrected chi connectivity index (χ4v) is 6.13. The average molecular weight is 638 g/mol. The Kier molecular flexibility index (Phi) is 10.2. The lowest BCUT2D eigenvalue weighted by atomic mass is 10.1. The van der Waals surface area contributed by atoms with Gasteiger partial charge in [0.2, 0.25) is 0 Å². The maximum absolute atomic E-state index is 11.5. The van der Waals surface area contributed by atoms with Crippen LogP contribution in [-0.4, -0.2) is 62.2 Å². The first kappa shape index (κ1) is 32.2. The van der Waals surface area contributed by atoms with Crippen molar-refractivity contribution in [3.63, 3.8) is 0 Å². The van der Waals surface area contributed by atoms with Crippen LogP contribution in [0.3, 0.4) is 0 Å². The molecule has 220 valence electrons. The number of benzene rings is 2. The van der Waals surface area contributed by atoms with Crippen LogP contribution < -0.4 is 19.3 Å². The Balaban J connectivity index is 0.00000441. The first-order valence-corrected chi connectivity index (χ1v) is 16.2. The zero-order valence-electron chi connectivity index (χ0n) is 21.5. The normalized spacial score (nSPS) is 18.8. The van der Waals surface area contributed by atoms with Crippen molar-refractivity contribution in [2.24, 2.45) is 0 Å². The lowest BCUT2D eigenvalue weighted by Crippen LogP contribution is -2.57. The van der Waals surface area contributed by atoms with Gasteiger partial charge in [-0.2, -0.15) is 16.8 Å². The SMILES string of the molecule is CCC(=CC1Oc2ccc(Cl)cc2[N+]1(CCCS(=O)(=O)O)CCCS(=O)(=O)O)C=C1Nc2cc(Cl)ccc2O1.[OH-]. The van der Waals surface area contributed by atoms with Gasteiger partial charge in [0.05, 0.1) is 30.3 Å². The lowest BCUT2D eigenvalue weighted by molar-refractivity contribution is 0.105. The minimum absolute atomic E-state index is 0. The summed E-state index contributed by atoms with van der Waals surface area (Å²) < 4.78 is 76.9. The molecule has 2 aromatic carbocycles. The average Bonchev–Trinajstić information content (AvgIpc) is 3.35. The summed E-state index contributed by atoms with van der Waals surface area (Å²) in [5, 5.41) is 4.16. The van der Waals surface area contributed by atoms with Crippen LogP contribution in [0.4, 0.5) is 11.4 Å². The maximum atomic E-state index is 11.5. The Morgan fingerprint density at radius 2 is 1.55 bits per heavy atom. The van der Waals surface area contributed by atoms with Gasteiger partial charge in [-0.05, 0) is 42.3 Å². The van der Waals surface area contributed by atoms with Gasteiger partial charge in [0.1, 0.15) is 0 Å². The first-order valence-electron chi connectivity index (χ1n) is 12.2. The fourth-order valence-electron chi connectivity index (χ4n) is 4.80. The third-order valence-electron chi connectivity index (χ3n) is 6.56. The maximum Gasteiger partial charge on any atom is 0.265 e. The topological polar surface area (TPSA) is 169 Å². The summed E-state index contributed by atoms with van der Waals surface area (Å²) in [7, 11) is -8.47. The monoisotopic (exact) mass is 636 g/mol. The van der Waals surface area contributed by atoms with Crippen LogP contribution in [0.15, 0.2) is 60.0 Å². The minimum Gasteiger partial charge on any atom is -0.870 e. The van der Waals surface area contributed by atoms with Gasteiger partial charge in [-0.25, -0.2) is 4.48 Å². The molecule has 0 saturated heterocycles. The molecule has 2 aliphatic heterocycles. The van der Waals surface area contributed by atoms with Gasteiger partial charge in [0.15, 0.2) is 23.1 Å². The molecule has 2 aliphatic rings. The third-order valence-corrected chi connectivity index (χ3v) is 8.63. The van der Waals surface area contributed by atoms with E-state index in [1.807, 2.05) is 19.1 Å². The van der Waals surface area contributed by atoms with E-state index in [1.165, 1.54) is 0 Å². The van der Waals surface area contributed by atoms with Crippen molar-refractivity contribution in [2.45, 2.75) is 32.4 Å². The number of nitrogens with one attached hydrogen (secondary N) is 1. The molecule has 4 rings (SSSR count). The molecule has 0 aromatic heterocycles. The number of nitrogens with zero attached hydrogens (tertiary/aromatic N) is 1. The highest BCUT2D eigenvalue weighted by atomic mass is 35.5.